The average Bonchev–Trinajstić information content (AvgIpc) is 2.17. The summed E-state index contributed by atoms with van der Waals surface area (Å²) in [6.45, 7) is 4.42. The quantitative estimate of drug-likeness (QED) is 0.514. The number of rotatable bonds is 6. The van der Waals surface area contributed by atoms with E-state index in [4.69, 9.17) is 0 Å². The van der Waals surface area contributed by atoms with Crippen LogP contribution >= 0.6 is 24.4 Å². The molecule has 0 bridgehead atoms. The standard InChI is InChI=1S/C11H20S2/c1-4-10(8-9-12)6-7-11(5-2)13-3/h6-12H,4-5H2,1-3H3. The molecular weight excluding hydrogens is 196 g/mol. The van der Waals surface area contributed by atoms with Gasteiger partial charge in [0.2, 0.25) is 0 Å². The lowest BCUT2D eigenvalue weighted by Gasteiger charge is -2.07. The Labute approximate surface area is 92.3 Å². The van der Waals surface area contributed by atoms with E-state index in [2.05, 4.69) is 51.0 Å². The maximum Gasteiger partial charge on any atom is 0.0221 e. The number of thioether (sulfide) groups is 1. The summed E-state index contributed by atoms with van der Waals surface area (Å²) in [5.41, 5.74) is 0. The summed E-state index contributed by atoms with van der Waals surface area (Å²) in [7, 11) is 0. The van der Waals surface area contributed by atoms with Gasteiger partial charge in [0.25, 0.3) is 0 Å². The van der Waals surface area contributed by atoms with E-state index in [1.54, 1.807) is 0 Å². The normalized spacial score (nSPS) is 16.9. The van der Waals surface area contributed by atoms with Crippen LogP contribution in [0.1, 0.15) is 26.7 Å². The smallest absolute Gasteiger partial charge is 0.0221 e. The Morgan fingerprint density at radius 1 is 1.15 bits per heavy atom. The fourth-order valence-corrected chi connectivity index (χ4v) is 1.90. The highest BCUT2D eigenvalue weighted by molar-refractivity contribution is 7.99. The molecule has 0 saturated carbocycles. The van der Waals surface area contributed by atoms with E-state index in [1.165, 1.54) is 6.42 Å². The zero-order chi connectivity index (χ0) is 10.1. The summed E-state index contributed by atoms with van der Waals surface area (Å²) in [6.07, 6.45) is 11.3. The van der Waals surface area contributed by atoms with Gasteiger partial charge in [-0.05, 0) is 30.4 Å². The summed E-state index contributed by atoms with van der Waals surface area (Å²) in [6, 6.07) is 0. The monoisotopic (exact) mass is 216 g/mol. The van der Waals surface area contributed by atoms with Gasteiger partial charge >= 0.3 is 0 Å². The molecule has 0 aromatic heterocycles. The van der Waals surface area contributed by atoms with Crippen LogP contribution in [0.15, 0.2) is 23.6 Å². The maximum atomic E-state index is 4.08. The second-order valence-corrected chi connectivity index (χ2v) is 4.36. The lowest BCUT2D eigenvalue weighted by molar-refractivity contribution is 0.770. The molecule has 0 fully saturated rings. The highest BCUT2D eigenvalue weighted by Crippen LogP contribution is 2.15. The molecule has 0 rings (SSSR count). The minimum atomic E-state index is 0.554. The van der Waals surface area contributed by atoms with Crippen molar-refractivity contribution < 1.29 is 0 Å². The predicted molar refractivity (Wildman–Crippen MR) is 68.6 cm³/mol. The van der Waals surface area contributed by atoms with E-state index in [-0.39, 0.29) is 0 Å². The number of hydrogen-bond donors (Lipinski definition) is 1. The van der Waals surface area contributed by atoms with Crippen molar-refractivity contribution in [3.8, 4) is 0 Å². The Bertz CT molecular complexity index is 157. The lowest BCUT2D eigenvalue weighted by atomic mass is 10.1. The molecule has 2 unspecified atom stereocenters. The van der Waals surface area contributed by atoms with Gasteiger partial charge in [0.15, 0.2) is 0 Å². The minimum absolute atomic E-state index is 0.554. The van der Waals surface area contributed by atoms with E-state index in [1.807, 2.05) is 17.2 Å². The topological polar surface area (TPSA) is 0 Å². The molecule has 0 saturated heterocycles. The Kier molecular flexibility index (Phi) is 8.89. The average molecular weight is 216 g/mol. The highest BCUT2D eigenvalue weighted by atomic mass is 32.2. The second kappa shape index (κ2) is 8.76. The summed E-state index contributed by atoms with van der Waals surface area (Å²) >= 11 is 6.00. The first-order valence-corrected chi connectivity index (χ1v) is 6.60. The molecule has 2 heteroatoms. The van der Waals surface area contributed by atoms with Gasteiger partial charge in [-0.3, -0.25) is 0 Å². The van der Waals surface area contributed by atoms with Crippen molar-refractivity contribution in [1.29, 1.82) is 0 Å². The predicted octanol–water partition coefficient (Wildman–Crippen LogP) is 4.15. The van der Waals surface area contributed by atoms with E-state index in [9.17, 15) is 0 Å². The number of thiol groups is 1. The van der Waals surface area contributed by atoms with Gasteiger partial charge in [-0.2, -0.15) is 24.4 Å². The summed E-state index contributed by atoms with van der Waals surface area (Å²) in [5.74, 6) is 0.554. The van der Waals surface area contributed by atoms with Gasteiger partial charge in [0.1, 0.15) is 0 Å². The molecule has 0 aliphatic carbocycles. The van der Waals surface area contributed by atoms with Crippen LogP contribution in [0.4, 0.5) is 0 Å². The SMILES string of the molecule is CCC(C=CS)C=CC(CC)SC. The maximum absolute atomic E-state index is 4.08. The molecule has 13 heavy (non-hydrogen) atoms. The third kappa shape index (κ3) is 6.28. The molecule has 0 aliphatic heterocycles. The van der Waals surface area contributed by atoms with Crippen LogP contribution in [0.25, 0.3) is 0 Å². The van der Waals surface area contributed by atoms with Gasteiger partial charge in [0.05, 0.1) is 0 Å². The Hall–Kier alpha value is 0.180. The third-order valence-electron chi connectivity index (χ3n) is 2.08. The van der Waals surface area contributed by atoms with Crippen molar-refractivity contribution in [3.63, 3.8) is 0 Å². The molecule has 0 radical (unpaired) electrons. The van der Waals surface area contributed by atoms with Crippen LogP contribution in [0.5, 0.6) is 0 Å². The zero-order valence-electron chi connectivity index (χ0n) is 8.73. The van der Waals surface area contributed by atoms with E-state index in [0.717, 1.165) is 6.42 Å². The van der Waals surface area contributed by atoms with Gasteiger partial charge < -0.3 is 0 Å². The highest BCUT2D eigenvalue weighted by Gasteiger charge is 1.99. The molecule has 0 aliphatic rings. The van der Waals surface area contributed by atoms with Crippen molar-refractivity contribution in [2.75, 3.05) is 6.26 Å². The van der Waals surface area contributed by atoms with E-state index >= 15 is 0 Å². The van der Waals surface area contributed by atoms with E-state index in [0.29, 0.717) is 11.2 Å². The first-order valence-electron chi connectivity index (χ1n) is 4.80. The zero-order valence-corrected chi connectivity index (χ0v) is 10.4. The largest absolute Gasteiger partial charge is 0.158 e. The molecule has 0 amide bonds. The fraction of sp³-hybridized carbons (Fsp3) is 0.636. The van der Waals surface area contributed by atoms with Gasteiger partial charge in [-0.1, -0.05) is 32.1 Å². The van der Waals surface area contributed by atoms with Crippen molar-refractivity contribution in [2.45, 2.75) is 31.9 Å². The molecule has 0 N–H and O–H groups in total. The van der Waals surface area contributed by atoms with Crippen molar-refractivity contribution in [1.82, 2.24) is 0 Å². The van der Waals surface area contributed by atoms with Crippen LogP contribution < -0.4 is 0 Å². The molecule has 0 aromatic rings. The minimum Gasteiger partial charge on any atom is -0.158 e. The van der Waals surface area contributed by atoms with Gasteiger partial charge in [-0.25, -0.2) is 0 Å². The van der Waals surface area contributed by atoms with Crippen LogP contribution in [0.3, 0.4) is 0 Å². The van der Waals surface area contributed by atoms with Crippen molar-refractivity contribution in [2.24, 2.45) is 5.92 Å². The molecule has 0 heterocycles. The second-order valence-electron chi connectivity index (χ2n) is 2.98. The first-order chi connectivity index (χ1) is 6.28. The van der Waals surface area contributed by atoms with Crippen molar-refractivity contribution in [3.05, 3.63) is 23.6 Å². The van der Waals surface area contributed by atoms with Gasteiger partial charge in [0, 0.05) is 5.25 Å². The Morgan fingerprint density at radius 2 is 1.85 bits per heavy atom. The van der Waals surface area contributed by atoms with Crippen LogP contribution in [-0.4, -0.2) is 11.5 Å². The van der Waals surface area contributed by atoms with Crippen molar-refractivity contribution >= 4 is 24.4 Å². The summed E-state index contributed by atoms with van der Waals surface area (Å²) in [5, 5.41) is 2.50. The summed E-state index contributed by atoms with van der Waals surface area (Å²) in [4.78, 5) is 0. The van der Waals surface area contributed by atoms with Crippen LogP contribution in [0.2, 0.25) is 0 Å². The molecule has 0 nitrogen and oxygen atoms in total. The Morgan fingerprint density at radius 3 is 2.23 bits per heavy atom. The lowest BCUT2D eigenvalue weighted by Crippen LogP contribution is -1.96. The van der Waals surface area contributed by atoms with E-state index < -0.39 is 0 Å². The van der Waals surface area contributed by atoms with Crippen LogP contribution in [-0.2, 0) is 0 Å². The Balaban J connectivity index is 4.03. The molecule has 0 aromatic carbocycles. The number of hydrogen-bond acceptors (Lipinski definition) is 2. The molecule has 0 spiro atoms. The fourth-order valence-electron chi connectivity index (χ4n) is 1.09. The first kappa shape index (κ1) is 13.2. The molecule has 76 valence electrons. The third-order valence-corrected chi connectivity index (χ3v) is 3.35. The van der Waals surface area contributed by atoms with Crippen LogP contribution in [0, 0.1) is 5.92 Å². The summed E-state index contributed by atoms with van der Waals surface area (Å²) < 4.78 is 0. The van der Waals surface area contributed by atoms with Gasteiger partial charge in [-0.15, -0.1) is 0 Å². The molecule has 2 atom stereocenters. The number of allylic oxidation sites excluding steroid dienone is 2. The molecular formula is C11H20S2.